The molecule has 0 amide bonds. The highest BCUT2D eigenvalue weighted by molar-refractivity contribution is 4.62. The van der Waals surface area contributed by atoms with Gasteiger partial charge in [0.1, 0.15) is 0 Å². The van der Waals surface area contributed by atoms with Gasteiger partial charge in [-0.05, 0) is 26.3 Å². The Morgan fingerprint density at radius 1 is 1.38 bits per heavy atom. The first-order valence-electron chi connectivity index (χ1n) is 3.19. The molecule has 0 spiro atoms. The van der Waals surface area contributed by atoms with E-state index in [-0.39, 0.29) is 0 Å². The number of rotatable bonds is 3. The highest BCUT2D eigenvalue weighted by atomic mass is 14.9. The van der Waals surface area contributed by atoms with Crippen LogP contribution in [0.4, 0.5) is 0 Å². The van der Waals surface area contributed by atoms with Gasteiger partial charge in [-0.2, -0.15) is 0 Å². The first kappa shape index (κ1) is 7.96. The molecule has 0 rings (SSSR count). The number of nitrogens with one attached hydrogen (secondary N) is 1. The van der Waals surface area contributed by atoms with Crippen molar-refractivity contribution in [2.75, 3.05) is 6.54 Å². The third-order valence-corrected chi connectivity index (χ3v) is 0.875. The molecule has 1 atom stereocenters. The second kappa shape index (κ2) is 3.90. The van der Waals surface area contributed by atoms with E-state index in [1.165, 1.54) is 0 Å². The van der Waals surface area contributed by atoms with Crippen LogP contribution in [-0.2, 0) is 0 Å². The van der Waals surface area contributed by atoms with Crippen LogP contribution < -0.4 is 5.32 Å². The summed E-state index contributed by atoms with van der Waals surface area (Å²) in [7, 11) is 0. The molecule has 0 aliphatic carbocycles. The van der Waals surface area contributed by atoms with Crippen molar-refractivity contribution in [2.24, 2.45) is 5.92 Å². The SMILES string of the molecule is [CH2]C(C)NCC(C)C. The maximum atomic E-state index is 3.80. The standard InChI is InChI=1S/C7H16N/c1-6(2)5-8-7(3)4/h6-8H,3,5H2,1-2,4H3. The first-order chi connectivity index (χ1) is 3.63. The molecule has 1 N–H and O–H groups in total. The molecule has 0 aliphatic rings. The van der Waals surface area contributed by atoms with Crippen LogP contribution in [0.3, 0.4) is 0 Å². The van der Waals surface area contributed by atoms with E-state index in [9.17, 15) is 0 Å². The van der Waals surface area contributed by atoms with Gasteiger partial charge in [0.15, 0.2) is 0 Å². The molecule has 0 aliphatic heterocycles. The van der Waals surface area contributed by atoms with Gasteiger partial charge in [-0.25, -0.2) is 0 Å². The summed E-state index contributed by atoms with van der Waals surface area (Å²) < 4.78 is 0. The van der Waals surface area contributed by atoms with Crippen molar-refractivity contribution in [3.8, 4) is 0 Å². The lowest BCUT2D eigenvalue weighted by Gasteiger charge is -2.09. The second-order valence-electron chi connectivity index (χ2n) is 2.70. The third-order valence-electron chi connectivity index (χ3n) is 0.875. The Kier molecular flexibility index (Phi) is 3.88. The Morgan fingerprint density at radius 3 is 2.00 bits per heavy atom. The second-order valence-corrected chi connectivity index (χ2v) is 2.70. The highest BCUT2D eigenvalue weighted by Crippen LogP contribution is 1.87. The predicted octanol–water partition coefficient (Wildman–Crippen LogP) is 1.45. The smallest absolute Gasteiger partial charge is 0.00394 e. The highest BCUT2D eigenvalue weighted by Gasteiger charge is 1.93. The fraction of sp³-hybridized carbons (Fsp3) is 0.857. The molecular formula is C7H16N. The summed E-state index contributed by atoms with van der Waals surface area (Å²) in [5.41, 5.74) is 0. The molecule has 1 heteroatoms. The van der Waals surface area contributed by atoms with Crippen LogP contribution in [0.2, 0.25) is 0 Å². The van der Waals surface area contributed by atoms with E-state index in [4.69, 9.17) is 0 Å². The fourth-order valence-corrected chi connectivity index (χ4v) is 0.437. The van der Waals surface area contributed by atoms with Crippen molar-refractivity contribution >= 4 is 0 Å². The lowest BCUT2D eigenvalue weighted by Crippen LogP contribution is -2.26. The van der Waals surface area contributed by atoms with Crippen molar-refractivity contribution in [1.82, 2.24) is 5.32 Å². The molecule has 0 heterocycles. The van der Waals surface area contributed by atoms with Crippen molar-refractivity contribution in [1.29, 1.82) is 0 Å². The van der Waals surface area contributed by atoms with Crippen LogP contribution in [0.15, 0.2) is 0 Å². The molecule has 1 radical (unpaired) electrons. The number of hydrogen-bond donors (Lipinski definition) is 1. The zero-order valence-corrected chi connectivity index (χ0v) is 6.07. The van der Waals surface area contributed by atoms with Crippen LogP contribution in [0.25, 0.3) is 0 Å². The van der Waals surface area contributed by atoms with Gasteiger partial charge in [0, 0.05) is 6.04 Å². The predicted molar refractivity (Wildman–Crippen MR) is 37.7 cm³/mol. The van der Waals surface area contributed by atoms with E-state index in [1.807, 2.05) is 0 Å². The maximum Gasteiger partial charge on any atom is 0.00394 e. The van der Waals surface area contributed by atoms with Gasteiger partial charge in [-0.1, -0.05) is 13.8 Å². The van der Waals surface area contributed by atoms with Gasteiger partial charge in [-0.15, -0.1) is 0 Å². The minimum atomic E-state index is 0.386. The largest absolute Gasteiger partial charge is 0.314 e. The van der Waals surface area contributed by atoms with Crippen LogP contribution in [0, 0.1) is 12.8 Å². The Morgan fingerprint density at radius 2 is 1.88 bits per heavy atom. The summed E-state index contributed by atoms with van der Waals surface area (Å²) in [6, 6.07) is 0.386. The topological polar surface area (TPSA) is 12.0 Å². The average molecular weight is 114 g/mol. The van der Waals surface area contributed by atoms with Crippen LogP contribution in [0.5, 0.6) is 0 Å². The molecule has 0 aromatic carbocycles. The van der Waals surface area contributed by atoms with Gasteiger partial charge in [0.05, 0.1) is 0 Å². The van der Waals surface area contributed by atoms with Crippen LogP contribution in [0.1, 0.15) is 20.8 Å². The molecule has 0 aromatic rings. The molecule has 0 bridgehead atoms. The molecule has 8 heavy (non-hydrogen) atoms. The normalized spacial score (nSPS) is 11.2. The number of hydrogen-bond acceptors (Lipinski definition) is 1. The lowest BCUT2D eigenvalue weighted by atomic mass is 10.2. The van der Waals surface area contributed by atoms with E-state index in [2.05, 4.69) is 33.0 Å². The summed E-state index contributed by atoms with van der Waals surface area (Å²) in [6.07, 6.45) is 0. The van der Waals surface area contributed by atoms with E-state index in [1.54, 1.807) is 0 Å². The summed E-state index contributed by atoms with van der Waals surface area (Å²) >= 11 is 0. The molecule has 1 nitrogen and oxygen atoms in total. The average Bonchev–Trinajstić information content (AvgIpc) is 1.61. The monoisotopic (exact) mass is 114 g/mol. The summed E-state index contributed by atoms with van der Waals surface area (Å²) in [5.74, 6) is 0.735. The van der Waals surface area contributed by atoms with Crippen molar-refractivity contribution in [2.45, 2.75) is 26.8 Å². The molecule has 1 unspecified atom stereocenters. The van der Waals surface area contributed by atoms with Gasteiger partial charge < -0.3 is 5.32 Å². The van der Waals surface area contributed by atoms with Gasteiger partial charge in [-0.3, -0.25) is 0 Å². The summed E-state index contributed by atoms with van der Waals surface area (Å²) in [5, 5.41) is 3.23. The molecule has 0 aromatic heterocycles. The third kappa shape index (κ3) is 5.96. The van der Waals surface area contributed by atoms with Gasteiger partial charge in [0.2, 0.25) is 0 Å². The van der Waals surface area contributed by atoms with Crippen molar-refractivity contribution in [3.05, 3.63) is 6.92 Å². The Bertz CT molecular complexity index is 40.3. The molecule has 0 saturated heterocycles. The summed E-state index contributed by atoms with van der Waals surface area (Å²) in [4.78, 5) is 0. The summed E-state index contributed by atoms with van der Waals surface area (Å²) in [6.45, 7) is 11.3. The van der Waals surface area contributed by atoms with Crippen molar-refractivity contribution < 1.29 is 0 Å². The molecule has 0 fully saturated rings. The lowest BCUT2D eigenvalue weighted by molar-refractivity contribution is 0.526. The zero-order chi connectivity index (χ0) is 6.57. The first-order valence-corrected chi connectivity index (χ1v) is 3.19. The minimum Gasteiger partial charge on any atom is -0.314 e. The molecule has 49 valence electrons. The van der Waals surface area contributed by atoms with Crippen molar-refractivity contribution in [3.63, 3.8) is 0 Å². The van der Waals surface area contributed by atoms with Gasteiger partial charge >= 0.3 is 0 Å². The van der Waals surface area contributed by atoms with Crippen LogP contribution >= 0.6 is 0 Å². The quantitative estimate of drug-likeness (QED) is 0.585. The van der Waals surface area contributed by atoms with E-state index >= 15 is 0 Å². The van der Waals surface area contributed by atoms with E-state index in [0.29, 0.717) is 6.04 Å². The maximum absolute atomic E-state index is 3.80. The molecule has 0 saturated carbocycles. The van der Waals surface area contributed by atoms with E-state index in [0.717, 1.165) is 12.5 Å². The Balaban J connectivity index is 2.93. The fourth-order valence-electron chi connectivity index (χ4n) is 0.437. The van der Waals surface area contributed by atoms with Crippen LogP contribution in [-0.4, -0.2) is 12.6 Å². The Hall–Kier alpha value is -0.0400. The zero-order valence-electron chi connectivity index (χ0n) is 6.07. The Labute approximate surface area is 52.5 Å². The minimum absolute atomic E-state index is 0.386. The van der Waals surface area contributed by atoms with E-state index < -0.39 is 0 Å². The molecular weight excluding hydrogens is 98.1 g/mol. The van der Waals surface area contributed by atoms with Gasteiger partial charge in [0.25, 0.3) is 0 Å².